The Hall–Kier alpha value is 0. The van der Waals surface area contributed by atoms with E-state index in [-0.39, 0.29) is 7.43 Å². The fourth-order valence-electron chi connectivity index (χ4n) is 2.86. The maximum atomic E-state index is 2.30. The molecule has 146 valence electrons. The molecule has 0 saturated heterocycles. The van der Waals surface area contributed by atoms with E-state index in [1.54, 1.807) is 0 Å². The molecule has 0 unspecified atom stereocenters. The molecule has 0 atom stereocenters. The topological polar surface area (TPSA) is 0 Å². The van der Waals surface area contributed by atoms with Crippen LogP contribution in [0.25, 0.3) is 0 Å². The van der Waals surface area contributed by atoms with Crippen molar-refractivity contribution in [3.8, 4) is 0 Å². The predicted octanol–water partition coefficient (Wildman–Crippen LogP) is 9.67. The van der Waals surface area contributed by atoms with Crippen molar-refractivity contribution >= 4 is 0 Å². The van der Waals surface area contributed by atoms with E-state index < -0.39 is 0 Å². The standard InChI is InChI=1S/C9H18.C9H20.2C2H6.CH4/c1-2-6-9-7-4-3-5-8-9;1-4-5-6-7-8-9(2)3;2*1-2;/h9H,2-8H2,1H3;9H,4-8H2,1-3H3;2*1-2H3;1H4. The van der Waals surface area contributed by atoms with Gasteiger partial charge in [-0.3, -0.25) is 0 Å². The molecule has 0 amide bonds. The van der Waals surface area contributed by atoms with Crippen molar-refractivity contribution in [2.24, 2.45) is 11.8 Å². The van der Waals surface area contributed by atoms with Crippen LogP contribution in [0.4, 0.5) is 0 Å². The largest absolute Gasteiger partial charge is 0.0776 e. The molecule has 0 heterocycles. The van der Waals surface area contributed by atoms with Gasteiger partial charge in [0.25, 0.3) is 0 Å². The zero-order chi connectivity index (χ0) is 17.6. The minimum Gasteiger partial charge on any atom is -0.0776 e. The molecule has 1 aliphatic rings. The summed E-state index contributed by atoms with van der Waals surface area (Å²) in [5.74, 6) is 2.01. The maximum Gasteiger partial charge on any atom is -0.0414 e. The Morgan fingerprint density at radius 2 is 1.26 bits per heavy atom. The van der Waals surface area contributed by atoms with E-state index in [1.807, 2.05) is 27.7 Å². The lowest BCUT2D eigenvalue weighted by Gasteiger charge is -2.20. The Morgan fingerprint density at radius 1 is 0.739 bits per heavy atom. The van der Waals surface area contributed by atoms with Crippen LogP contribution in [0.2, 0.25) is 0 Å². The van der Waals surface area contributed by atoms with Gasteiger partial charge in [0.1, 0.15) is 0 Å². The first-order valence-corrected chi connectivity index (χ1v) is 10.7. The van der Waals surface area contributed by atoms with E-state index in [2.05, 4.69) is 27.7 Å². The third-order valence-electron chi connectivity index (χ3n) is 4.06. The van der Waals surface area contributed by atoms with Crippen LogP contribution in [0, 0.1) is 11.8 Å². The molecule has 1 saturated carbocycles. The van der Waals surface area contributed by atoms with Crippen molar-refractivity contribution in [2.75, 3.05) is 0 Å². The van der Waals surface area contributed by atoms with E-state index in [9.17, 15) is 0 Å². The molecular weight excluding hydrogens is 276 g/mol. The van der Waals surface area contributed by atoms with Gasteiger partial charge in [0.15, 0.2) is 0 Å². The quantitative estimate of drug-likeness (QED) is 0.407. The average Bonchev–Trinajstić information content (AvgIpc) is 2.57. The van der Waals surface area contributed by atoms with Crippen LogP contribution in [0.3, 0.4) is 0 Å². The summed E-state index contributed by atoms with van der Waals surface area (Å²) < 4.78 is 0. The van der Waals surface area contributed by atoms with Gasteiger partial charge in [0.05, 0.1) is 0 Å². The summed E-state index contributed by atoms with van der Waals surface area (Å²) >= 11 is 0. The Labute approximate surface area is 152 Å². The third-order valence-corrected chi connectivity index (χ3v) is 4.06. The summed E-state index contributed by atoms with van der Waals surface area (Å²) in [6.45, 7) is 17.2. The highest BCUT2D eigenvalue weighted by atomic mass is 14.2. The van der Waals surface area contributed by atoms with Crippen molar-refractivity contribution in [1.82, 2.24) is 0 Å². The highest BCUT2D eigenvalue weighted by molar-refractivity contribution is 4.64. The third kappa shape index (κ3) is 30.4. The molecule has 0 aromatic rings. The first-order valence-electron chi connectivity index (χ1n) is 10.7. The summed E-state index contributed by atoms with van der Waals surface area (Å²) in [5, 5.41) is 0. The molecule has 0 bridgehead atoms. The Bertz CT molecular complexity index is 139. The van der Waals surface area contributed by atoms with Crippen LogP contribution in [0.1, 0.15) is 140 Å². The second kappa shape index (κ2) is 29.9. The van der Waals surface area contributed by atoms with Crippen molar-refractivity contribution in [3.05, 3.63) is 0 Å². The highest BCUT2D eigenvalue weighted by Crippen LogP contribution is 2.26. The fraction of sp³-hybridized carbons (Fsp3) is 1.00. The zero-order valence-electron chi connectivity index (χ0n) is 17.6. The number of hydrogen-bond acceptors (Lipinski definition) is 0. The molecule has 1 fully saturated rings. The summed E-state index contributed by atoms with van der Waals surface area (Å²) in [6.07, 6.45) is 17.5. The molecule has 23 heavy (non-hydrogen) atoms. The van der Waals surface area contributed by atoms with Crippen LogP contribution < -0.4 is 0 Å². The van der Waals surface area contributed by atoms with Gasteiger partial charge < -0.3 is 0 Å². The van der Waals surface area contributed by atoms with E-state index >= 15 is 0 Å². The molecule has 1 rings (SSSR count). The van der Waals surface area contributed by atoms with Crippen molar-refractivity contribution in [1.29, 1.82) is 0 Å². The van der Waals surface area contributed by atoms with E-state index in [1.165, 1.54) is 77.0 Å². The molecule has 0 heteroatoms. The summed E-state index contributed by atoms with van der Waals surface area (Å²) in [5.41, 5.74) is 0. The average molecular weight is 331 g/mol. The van der Waals surface area contributed by atoms with Crippen molar-refractivity contribution in [2.45, 2.75) is 140 Å². The molecule has 0 aromatic heterocycles. The maximum absolute atomic E-state index is 2.30. The smallest absolute Gasteiger partial charge is 0.0414 e. The number of rotatable bonds is 7. The fourth-order valence-corrected chi connectivity index (χ4v) is 2.86. The van der Waals surface area contributed by atoms with Gasteiger partial charge >= 0.3 is 0 Å². The molecule has 0 N–H and O–H groups in total. The van der Waals surface area contributed by atoms with Gasteiger partial charge in [-0.1, -0.05) is 140 Å². The lowest BCUT2D eigenvalue weighted by molar-refractivity contribution is 0.336. The summed E-state index contributed by atoms with van der Waals surface area (Å²) in [7, 11) is 0. The summed E-state index contributed by atoms with van der Waals surface area (Å²) in [4.78, 5) is 0. The Balaban J connectivity index is -0.000000124. The van der Waals surface area contributed by atoms with Crippen LogP contribution in [-0.4, -0.2) is 0 Å². The van der Waals surface area contributed by atoms with Gasteiger partial charge in [-0.05, 0) is 11.8 Å². The molecule has 0 spiro atoms. The van der Waals surface area contributed by atoms with Crippen LogP contribution >= 0.6 is 0 Å². The van der Waals surface area contributed by atoms with E-state index in [4.69, 9.17) is 0 Å². The van der Waals surface area contributed by atoms with E-state index in [0.717, 1.165) is 11.8 Å². The van der Waals surface area contributed by atoms with Crippen molar-refractivity contribution < 1.29 is 0 Å². The SMILES string of the molecule is C.CC.CC.CCCC1CCCCC1.CCCCCCC(C)C. The number of hydrogen-bond donors (Lipinski definition) is 0. The minimum atomic E-state index is 0. The van der Waals surface area contributed by atoms with Gasteiger partial charge in [-0.25, -0.2) is 0 Å². The molecule has 1 aliphatic carbocycles. The second-order valence-corrected chi connectivity index (χ2v) is 6.54. The molecule has 0 radical (unpaired) electrons. The van der Waals surface area contributed by atoms with Crippen molar-refractivity contribution in [3.63, 3.8) is 0 Å². The zero-order valence-corrected chi connectivity index (χ0v) is 17.6. The molecule has 0 aromatic carbocycles. The Kier molecular flexibility index (Phi) is 40.1. The minimum absolute atomic E-state index is 0. The highest BCUT2D eigenvalue weighted by Gasteiger charge is 2.10. The Morgan fingerprint density at radius 3 is 1.65 bits per heavy atom. The summed E-state index contributed by atoms with van der Waals surface area (Å²) in [6, 6.07) is 0. The van der Waals surface area contributed by atoms with Crippen LogP contribution in [0.15, 0.2) is 0 Å². The lowest BCUT2D eigenvalue weighted by Crippen LogP contribution is -2.04. The molecule has 0 nitrogen and oxygen atoms in total. The second-order valence-electron chi connectivity index (χ2n) is 6.54. The van der Waals surface area contributed by atoms with Gasteiger partial charge in [-0.2, -0.15) is 0 Å². The van der Waals surface area contributed by atoms with Gasteiger partial charge in [-0.15, -0.1) is 0 Å². The monoisotopic (exact) mass is 330 g/mol. The van der Waals surface area contributed by atoms with Gasteiger partial charge in [0.2, 0.25) is 0 Å². The van der Waals surface area contributed by atoms with Crippen LogP contribution in [-0.2, 0) is 0 Å². The normalized spacial score (nSPS) is 13.4. The first kappa shape index (κ1) is 30.8. The first-order chi connectivity index (χ1) is 10.7. The predicted molar refractivity (Wildman–Crippen MR) is 115 cm³/mol. The number of unbranched alkanes of at least 4 members (excludes halogenated alkanes) is 3. The van der Waals surface area contributed by atoms with E-state index in [0.29, 0.717) is 0 Å². The van der Waals surface area contributed by atoms with Crippen LogP contribution in [0.5, 0.6) is 0 Å². The molecular formula is C23H54. The lowest BCUT2D eigenvalue weighted by atomic mass is 9.86. The van der Waals surface area contributed by atoms with Gasteiger partial charge in [0, 0.05) is 0 Å². The molecule has 0 aliphatic heterocycles.